The predicted octanol–water partition coefficient (Wildman–Crippen LogP) is 1.60. The third-order valence-electron chi connectivity index (χ3n) is 2.87. The Kier molecular flexibility index (Phi) is 4.02. The molecule has 0 bridgehead atoms. The third kappa shape index (κ3) is 3.11. The van der Waals surface area contributed by atoms with E-state index in [1.807, 2.05) is 0 Å². The van der Waals surface area contributed by atoms with Gasteiger partial charge in [0, 0.05) is 12.1 Å². The Bertz CT molecular complexity index is 123. The van der Waals surface area contributed by atoms with Crippen molar-refractivity contribution in [1.82, 2.24) is 4.90 Å². The summed E-state index contributed by atoms with van der Waals surface area (Å²) in [4.78, 5) is 2.49. The lowest BCUT2D eigenvalue weighted by molar-refractivity contribution is 0.288. The minimum atomic E-state index is 0.386. The predicted molar refractivity (Wildman–Crippen MR) is 53.2 cm³/mol. The quantitative estimate of drug-likeness (QED) is 0.694. The Morgan fingerprint density at radius 2 is 2.33 bits per heavy atom. The highest BCUT2D eigenvalue weighted by atomic mass is 15.1. The van der Waals surface area contributed by atoms with Crippen LogP contribution in [0.5, 0.6) is 0 Å². The molecule has 0 aromatic heterocycles. The molecule has 2 N–H and O–H groups in total. The highest BCUT2D eigenvalue weighted by Gasteiger charge is 2.19. The summed E-state index contributed by atoms with van der Waals surface area (Å²) in [7, 11) is 2.24. The summed E-state index contributed by atoms with van der Waals surface area (Å²) in [5.74, 6) is 0. The van der Waals surface area contributed by atoms with Crippen molar-refractivity contribution >= 4 is 0 Å². The average Bonchev–Trinajstić information content (AvgIpc) is 2.36. The highest BCUT2D eigenvalue weighted by Crippen LogP contribution is 2.19. The van der Waals surface area contributed by atoms with E-state index in [-0.39, 0.29) is 0 Å². The van der Waals surface area contributed by atoms with E-state index in [1.54, 1.807) is 0 Å². The topological polar surface area (TPSA) is 29.3 Å². The molecule has 2 unspecified atom stereocenters. The number of hydrogen-bond donors (Lipinski definition) is 1. The van der Waals surface area contributed by atoms with Crippen molar-refractivity contribution in [2.45, 2.75) is 51.1 Å². The smallest absolute Gasteiger partial charge is 0.00926 e. The number of rotatable bonds is 4. The van der Waals surface area contributed by atoms with Crippen LogP contribution in [0.4, 0.5) is 0 Å². The van der Waals surface area contributed by atoms with Crippen LogP contribution in [0.15, 0.2) is 0 Å². The zero-order valence-electron chi connectivity index (χ0n) is 8.42. The minimum absolute atomic E-state index is 0.386. The van der Waals surface area contributed by atoms with Crippen LogP contribution in [0.25, 0.3) is 0 Å². The van der Waals surface area contributed by atoms with Gasteiger partial charge in [0.1, 0.15) is 0 Å². The van der Waals surface area contributed by atoms with Crippen LogP contribution in [-0.2, 0) is 0 Å². The molecule has 0 amide bonds. The van der Waals surface area contributed by atoms with Crippen LogP contribution in [0.1, 0.15) is 39.0 Å². The van der Waals surface area contributed by atoms with E-state index < -0.39 is 0 Å². The van der Waals surface area contributed by atoms with E-state index >= 15 is 0 Å². The molecule has 2 heteroatoms. The summed E-state index contributed by atoms with van der Waals surface area (Å²) >= 11 is 0. The molecular formula is C10H22N2. The van der Waals surface area contributed by atoms with Crippen LogP contribution in [0.3, 0.4) is 0 Å². The van der Waals surface area contributed by atoms with Gasteiger partial charge in [-0.1, -0.05) is 6.42 Å². The first-order valence-electron chi connectivity index (χ1n) is 5.16. The number of hydrogen-bond acceptors (Lipinski definition) is 2. The van der Waals surface area contributed by atoms with E-state index in [0.717, 1.165) is 6.04 Å². The van der Waals surface area contributed by atoms with Gasteiger partial charge < -0.3 is 10.6 Å². The molecule has 1 rings (SSSR count). The maximum Gasteiger partial charge on any atom is 0.00926 e. The van der Waals surface area contributed by atoms with Crippen molar-refractivity contribution < 1.29 is 0 Å². The van der Waals surface area contributed by atoms with Crippen molar-refractivity contribution in [1.29, 1.82) is 0 Å². The lowest BCUT2D eigenvalue weighted by atomic mass is 10.1. The van der Waals surface area contributed by atoms with Crippen molar-refractivity contribution in [2.24, 2.45) is 5.73 Å². The first kappa shape index (κ1) is 10.0. The number of nitrogens with zero attached hydrogens (tertiary/aromatic N) is 1. The minimum Gasteiger partial charge on any atom is -0.328 e. The molecule has 72 valence electrons. The van der Waals surface area contributed by atoms with Gasteiger partial charge in [-0.3, -0.25) is 0 Å². The fraction of sp³-hybridized carbons (Fsp3) is 1.00. The normalized spacial score (nSPS) is 27.8. The van der Waals surface area contributed by atoms with Crippen LogP contribution in [0.2, 0.25) is 0 Å². The summed E-state index contributed by atoms with van der Waals surface area (Å²) in [5.41, 5.74) is 5.70. The zero-order chi connectivity index (χ0) is 8.97. The molecule has 0 saturated carbocycles. The summed E-state index contributed by atoms with van der Waals surface area (Å²) in [6, 6.07) is 1.24. The molecular weight excluding hydrogens is 148 g/mol. The van der Waals surface area contributed by atoms with E-state index in [0.29, 0.717) is 6.04 Å². The van der Waals surface area contributed by atoms with Crippen molar-refractivity contribution in [3.63, 3.8) is 0 Å². The van der Waals surface area contributed by atoms with Gasteiger partial charge in [0.25, 0.3) is 0 Å². The van der Waals surface area contributed by atoms with Gasteiger partial charge >= 0.3 is 0 Å². The molecule has 0 aromatic rings. The molecule has 1 aliphatic rings. The average molecular weight is 170 g/mol. The molecule has 1 heterocycles. The molecule has 1 aliphatic heterocycles. The second kappa shape index (κ2) is 4.83. The molecule has 2 atom stereocenters. The summed E-state index contributed by atoms with van der Waals surface area (Å²) < 4.78 is 0. The monoisotopic (exact) mass is 170 g/mol. The number of nitrogens with two attached hydrogens (primary N) is 1. The van der Waals surface area contributed by atoms with Gasteiger partial charge in [-0.25, -0.2) is 0 Å². The fourth-order valence-corrected chi connectivity index (χ4v) is 2.02. The van der Waals surface area contributed by atoms with E-state index in [9.17, 15) is 0 Å². The van der Waals surface area contributed by atoms with Gasteiger partial charge in [0.05, 0.1) is 0 Å². The maximum atomic E-state index is 5.70. The van der Waals surface area contributed by atoms with Gasteiger partial charge in [0.15, 0.2) is 0 Å². The van der Waals surface area contributed by atoms with Gasteiger partial charge in [-0.05, 0) is 46.2 Å². The summed E-state index contributed by atoms with van der Waals surface area (Å²) in [6.07, 6.45) is 6.61. The number of likely N-dealkylation sites (tertiary alicyclic amines) is 1. The Morgan fingerprint density at radius 3 is 2.83 bits per heavy atom. The second-order valence-corrected chi connectivity index (χ2v) is 4.18. The summed E-state index contributed by atoms with van der Waals surface area (Å²) in [6.45, 7) is 3.39. The van der Waals surface area contributed by atoms with E-state index in [4.69, 9.17) is 5.73 Å². The maximum absolute atomic E-state index is 5.70. The fourth-order valence-electron chi connectivity index (χ4n) is 2.02. The Balaban J connectivity index is 2.06. The molecule has 1 fully saturated rings. The molecule has 1 saturated heterocycles. The first-order valence-corrected chi connectivity index (χ1v) is 5.16. The van der Waals surface area contributed by atoms with E-state index in [1.165, 1.54) is 38.6 Å². The van der Waals surface area contributed by atoms with Crippen LogP contribution < -0.4 is 5.73 Å². The first-order chi connectivity index (χ1) is 5.70. The Labute approximate surface area is 76.1 Å². The van der Waals surface area contributed by atoms with Crippen LogP contribution in [-0.4, -0.2) is 30.6 Å². The van der Waals surface area contributed by atoms with Gasteiger partial charge in [-0.15, -0.1) is 0 Å². The molecule has 0 radical (unpaired) electrons. The Morgan fingerprint density at radius 1 is 1.58 bits per heavy atom. The van der Waals surface area contributed by atoms with Crippen LogP contribution >= 0.6 is 0 Å². The Hall–Kier alpha value is -0.0800. The third-order valence-corrected chi connectivity index (χ3v) is 2.87. The van der Waals surface area contributed by atoms with Crippen molar-refractivity contribution in [2.75, 3.05) is 13.6 Å². The van der Waals surface area contributed by atoms with Crippen molar-refractivity contribution in [3.8, 4) is 0 Å². The molecule has 0 spiro atoms. The van der Waals surface area contributed by atoms with Gasteiger partial charge in [0.2, 0.25) is 0 Å². The standard InChI is InChI=1S/C10H22N2/c1-9(11)5-3-6-10-7-4-8-12(10)2/h9-10H,3-8,11H2,1-2H3. The van der Waals surface area contributed by atoms with E-state index in [2.05, 4.69) is 18.9 Å². The lowest BCUT2D eigenvalue weighted by Gasteiger charge is -2.19. The molecule has 2 nitrogen and oxygen atoms in total. The lowest BCUT2D eigenvalue weighted by Crippen LogP contribution is -2.25. The molecule has 0 aromatic carbocycles. The summed E-state index contributed by atoms with van der Waals surface area (Å²) in [5, 5.41) is 0. The molecule has 0 aliphatic carbocycles. The van der Waals surface area contributed by atoms with Crippen LogP contribution in [0, 0.1) is 0 Å². The zero-order valence-corrected chi connectivity index (χ0v) is 8.42. The van der Waals surface area contributed by atoms with Crippen molar-refractivity contribution in [3.05, 3.63) is 0 Å². The molecule has 12 heavy (non-hydrogen) atoms. The second-order valence-electron chi connectivity index (χ2n) is 4.18. The highest BCUT2D eigenvalue weighted by molar-refractivity contribution is 4.76. The SMILES string of the molecule is CC(N)CCCC1CCCN1C. The largest absolute Gasteiger partial charge is 0.328 e. The van der Waals surface area contributed by atoms with Gasteiger partial charge in [-0.2, -0.15) is 0 Å².